The third-order valence-corrected chi connectivity index (χ3v) is 13.2. The zero-order valence-electron chi connectivity index (χ0n) is 25.9. The monoisotopic (exact) mass is 673 g/mol. The molecule has 3 aromatic rings. The highest BCUT2D eigenvalue weighted by atomic mass is 32.2. The van der Waals surface area contributed by atoms with Crippen LogP contribution in [0.5, 0.6) is 5.75 Å². The largest absolute Gasteiger partial charge is 0.484 e. The minimum atomic E-state index is -0.450. The van der Waals surface area contributed by atoms with E-state index in [2.05, 4.69) is 4.98 Å². The molecule has 12 heteroatoms. The van der Waals surface area contributed by atoms with Gasteiger partial charge in [0.05, 0.1) is 34.7 Å². The van der Waals surface area contributed by atoms with Crippen LogP contribution in [-0.4, -0.2) is 65.1 Å². The second kappa shape index (κ2) is 12.0. The highest BCUT2D eigenvalue weighted by molar-refractivity contribution is 8.00. The number of fused-ring (bicyclic) bond motifs is 9. The van der Waals surface area contributed by atoms with Gasteiger partial charge in [-0.05, 0) is 92.3 Å². The number of aromatic nitrogens is 1. The summed E-state index contributed by atoms with van der Waals surface area (Å²) >= 11 is 2.85. The molecule has 6 unspecified atom stereocenters. The Labute approximate surface area is 279 Å². The Hall–Kier alpha value is -3.90. The van der Waals surface area contributed by atoms with Gasteiger partial charge in [-0.1, -0.05) is 23.5 Å². The lowest BCUT2D eigenvalue weighted by Crippen LogP contribution is -2.42. The fourth-order valence-electron chi connectivity index (χ4n) is 8.78. The molecule has 3 aliphatic heterocycles. The summed E-state index contributed by atoms with van der Waals surface area (Å²) in [5.74, 6) is -1.29. The number of thiazole rings is 1. The first-order chi connectivity index (χ1) is 22.8. The van der Waals surface area contributed by atoms with E-state index in [9.17, 15) is 24.0 Å². The second-order valence-electron chi connectivity index (χ2n) is 13.0. The van der Waals surface area contributed by atoms with Gasteiger partial charge in [0.2, 0.25) is 11.8 Å². The van der Waals surface area contributed by atoms with E-state index in [1.54, 1.807) is 43.0 Å². The Kier molecular flexibility index (Phi) is 7.75. The van der Waals surface area contributed by atoms with Gasteiger partial charge in [0.15, 0.2) is 6.61 Å². The predicted molar refractivity (Wildman–Crippen MR) is 176 cm³/mol. The Balaban J connectivity index is 1.08. The van der Waals surface area contributed by atoms with Gasteiger partial charge in [0.25, 0.3) is 5.91 Å². The van der Waals surface area contributed by atoms with Crippen molar-refractivity contribution >= 4 is 52.5 Å². The summed E-state index contributed by atoms with van der Waals surface area (Å²) in [6.45, 7) is 3.50. The number of carbonyl (C=O) groups is 4. The van der Waals surface area contributed by atoms with Crippen molar-refractivity contribution in [1.82, 2.24) is 9.88 Å². The second-order valence-corrected chi connectivity index (χ2v) is 15.2. The van der Waals surface area contributed by atoms with Gasteiger partial charge in [0, 0.05) is 29.1 Å². The van der Waals surface area contributed by atoms with Crippen molar-refractivity contribution in [3.8, 4) is 5.75 Å². The number of hydrogen-bond acceptors (Lipinski definition) is 9. The number of anilines is 1. The van der Waals surface area contributed by atoms with E-state index >= 15 is 0 Å². The number of thioether (sulfide) groups is 1. The van der Waals surface area contributed by atoms with Gasteiger partial charge < -0.3 is 19.4 Å². The van der Waals surface area contributed by atoms with Crippen molar-refractivity contribution in [3.05, 3.63) is 74.2 Å². The van der Waals surface area contributed by atoms with E-state index in [1.807, 2.05) is 29.2 Å². The first-order valence-corrected chi connectivity index (χ1v) is 18.1. The average molecular weight is 674 g/mol. The third-order valence-electron chi connectivity index (χ3n) is 10.6. The number of amides is 3. The molecular weight excluding hydrogens is 639 g/mol. The number of nitrogens with one attached hydrogen (secondary N) is 1. The maximum Gasteiger partial charge on any atom is 0.338 e. The Morgan fingerprint density at radius 1 is 0.957 bits per heavy atom. The number of rotatable bonds is 7. The molecule has 4 fully saturated rings. The summed E-state index contributed by atoms with van der Waals surface area (Å²) in [6, 6.07) is 14.2. The van der Waals surface area contributed by atoms with Crippen molar-refractivity contribution in [2.24, 2.45) is 29.6 Å². The van der Waals surface area contributed by atoms with Crippen LogP contribution in [0.2, 0.25) is 0 Å². The van der Waals surface area contributed by atoms with Gasteiger partial charge >= 0.3 is 10.8 Å². The van der Waals surface area contributed by atoms with Crippen molar-refractivity contribution in [1.29, 1.82) is 0 Å². The lowest BCUT2D eigenvalue weighted by molar-refractivity contribution is -0.134. The molecule has 8 rings (SSSR count). The fourth-order valence-corrected chi connectivity index (χ4v) is 11.7. The molecule has 5 aliphatic rings. The minimum Gasteiger partial charge on any atom is -0.484 e. The molecule has 0 radical (unpaired) electrons. The van der Waals surface area contributed by atoms with Crippen LogP contribution in [0.3, 0.4) is 0 Å². The first kappa shape index (κ1) is 30.4. The van der Waals surface area contributed by atoms with Crippen molar-refractivity contribution in [3.63, 3.8) is 0 Å². The van der Waals surface area contributed by atoms with Gasteiger partial charge in [0.1, 0.15) is 5.75 Å². The SMILES string of the molecule is CCOC(=O)c1ccc(N2C(=O)C3C4CC(C3C2=O)C2C4Sc3[nH]c(=O)sc3[C@@H]2c2cccc(OCC(=O)N3CCCCC3)c2)cc1. The first-order valence-electron chi connectivity index (χ1n) is 16.4. The molecule has 2 aromatic carbocycles. The smallest absolute Gasteiger partial charge is 0.338 e. The van der Waals surface area contributed by atoms with Crippen LogP contribution in [0.15, 0.2) is 58.4 Å². The number of nitrogens with zero attached hydrogens (tertiary/aromatic N) is 2. The quantitative estimate of drug-likeness (QED) is 0.283. The maximum absolute atomic E-state index is 14.1. The van der Waals surface area contributed by atoms with Crippen LogP contribution < -0.4 is 14.5 Å². The summed E-state index contributed by atoms with van der Waals surface area (Å²) in [6.07, 6.45) is 3.96. The molecule has 47 heavy (non-hydrogen) atoms. The highest BCUT2D eigenvalue weighted by Crippen LogP contribution is 2.68. The van der Waals surface area contributed by atoms with Gasteiger partial charge in [-0.3, -0.25) is 24.1 Å². The van der Waals surface area contributed by atoms with Crippen LogP contribution >= 0.6 is 23.1 Å². The molecule has 2 bridgehead atoms. The highest BCUT2D eigenvalue weighted by Gasteiger charge is 2.69. The summed E-state index contributed by atoms with van der Waals surface area (Å²) in [7, 11) is 0. The zero-order valence-corrected chi connectivity index (χ0v) is 27.5. The number of piperidine rings is 1. The van der Waals surface area contributed by atoms with Gasteiger partial charge in [-0.25, -0.2) is 4.79 Å². The Morgan fingerprint density at radius 3 is 2.45 bits per heavy atom. The molecule has 1 aromatic heterocycles. The third kappa shape index (κ3) is 5.02. The van der Waals surface area contributed by atoms with E-state index in [4.69, 9.17) is 9.47 Å². The predicted octanol–water partition coefficient (Wildman–Crippen LogP) is 4.68. The van der Waals surface area contributed by atoms with Crippen LogP contribution in [0.25, 0.3) is 0 Å². The van der Waals surface area contributed by atoms with E-state index in [-0.39, 0.29) is 64.7 Å². The summed E-state index contributed by atoms with van der Waals surface area (Å²) in [5.41, 5.74) is 1.80. The van der Waals surface area contributed by atoms with Crippen LogP contribution in [0, 0.1) is 29.6 Å². The number of aromatic amines is 1. The van der Waals surface area contributed by atoms with Gasteiger partial charge in [-0.2, -0.15) is 0 Å². The number of likely N-dealkylation sites (tertiary alicyclic amines) is 1. The average Bonchev–Trinajstić information content (AvgIpc) is 3.83. The standard InChI is InChI=1S/C35H35N3O7S2/c1-2-44-34(42)18-9-11-20(12-10-18)38-32(40)27-22-16-23(28(27)33(38)41)29-26(22)25(30-31(46-29)36-35(43)47-30)19-7-6-8-21(15-19)45-17-24(39)37-13-4-3-5-14-37/h6-12,15,22-23,25-29H,2-5,13-14,16-17H2,1H3,(H,36,43)/t22?,23?,25-,26?,27?,28?,29?/m1/s1. The van der Waals surface area contributed by atoms with E-state index < -0.39 is 17.8 Å². The molecule has 2 aliphatic carbocycles. The molecule has 1 N–H and O–H groups in total. The summed E-state index contributed by atoms with van der Waals surface area (Å²) in [4.78, 5) is 72.8. The van der Waals surface area contributed by atoms with Gasteiger partial charge in [-0.15, -0.1) is 11.8 Å². The van der Waals surface area contributed by atoms with E-state index in [0.29, 0.717) is 17.0 Å². The molecule has 0 spiro atoms. The molecule has 7 atom stereocenters. The summed E-state index contributed by atoms with van der Waals surface area (Å²) in [5, 5.41) is 0.891. The number of benzene rings is 2. The fraction of sp³-hybridized carbons (Fsp3) is 0.457. The Bertz CT molecular complexity index is 1810. The number of ether oxygens (including phenoxy) is 2. The molecule has 244 valence electrons. The van der Waals surface area contributed by atoms with E-state index in [1.165, 1.54) is 16.2 Å². The van der Waals surface area contributed by atoms with Crippen LogP contribution in [0.1, 0.15) is 59.3 Å². The number of esters is 1. The molecule has 2 saturated heterocycles. The Morgan fingerprint density at radius 2 is 1.70 bits per heavy atom. The molecule has 3 amide bonds. The van der Waals surface area contributed by atoms with Crippen molar-refractivity contribution in [2.75, 3.05) is 31.2 Å². The van der Waals surface area contributed by atoms with Crippen LogP contribution in [-0.2, 0) is 19.1 Å². The number of hydrogen-bond donors (Lipinski definition) is 1. The van der Waals surface area contributed by atoms with Crippen molar-refractivity contribution < 1.29 is 28.7 Å². The topological polar surface area (TPSA) is 126 Å². The lowest BCUT2D eigenvalue weighted by atomic mass is 9.68. The molecule has 2 saturated carbocycles. The molecular formula is C35H35N3O7S2. The molecule has 10 nitrogen and oxygen atoms in total. The van der Waals surface area contributed by atoms with Crippen LogP contribution in [0.4, 0.5) is 5.69 Å². The normalized spacial score (nSPS) is 29.0. The number of H-pyrrole nitrogens is 1. The van der Waals surface area contributed by atoms with E-state index in [0.717, 1.165) is 54.2 Å². The summed E-state index contributed by atoms with van der Waals surface area (Å²) < 4.78 is 11.1. The molecule has 4 heterocycles. The number of imide groups is 1. The lowest BCUT2D eigenvalue weighted by Gasteiger charge is -2.43. The maximum atomic E-state index is 14.1. The number of carbonyl (C=O) groups excluding carboxylic acids is 4. The zero-order chi connectivity index (χ0) is 32.4. The minimum absolute atomic E-state index is 0.0131. The van der Waals surface area contributed by atoms with Crippen molar-refractivity contribution in [2.45, 2.75) is 48.8 Å².